The van der Waals surface area contributed by atoms with Crippen molar-refractivity contribution in [2.45, 2.75) is 13.0 Å². The van der Waals surface area contributed by atoms with Crippen molar-refractivity contribution in [3.05, 3.63) is 117 Å². The van der Waals surface area contributed by atoms with Gasteiger partial charge in [-0.1, -0.05) is 41.9 Å². The zero-order valence-corrected chi connectivity index (χ0v) is 18.5. The lowest BCUT2D eigenvalue weighted by molar-refractivity contribution is 0.0954. The number of fused-ring (bicyclic) bond motifs is 3. The third-order valence-corrected chi connectivity index (χ3v) is 6.06. The molecule has 0 spiro atoms. The van der Waals surface area contributed by atoms with Crippen LogP contribution in [0.2, 0.25) is 5.02 Å². The third kappa shape index (κ3) is 4.13. The van der Waals surface area contributed by atoms with E-state index in [-0.39, 0.29) is 11.5 Å². The van der Waals surface area contributed by atoms with Gasteiger partial charge in [0.2, 0.25) is 0 Å². The summed E-state index contributed by atoms with van der Waals surface area (Å²) in [6.07, 6.45) is 4.21. The minimum Gasteiger partial charge on any atom is -0.352 e. The molecule has 0 fully saturated rings. The summed E-state index contributed by atoms with van der Waals surface area (Å²) in [5.74, 6) is -0.146. The quantitative estimate of drug-likeness (QED) is 0.413. The van der Waals surface area contributed by atoms with E-state index >= 15 is 0 Å². The van der Waals surface area contributed by atoms with Crippen LogP contribution in [0.4, 0.5) is 0 Å². The van der Waals surface area contributed by atoms with Crippen LogP contribution in [0, 0.1) is 0 Å². The predicted molar refractivity (Wildman–Crippen MR) is 130 cm³/mol. The highest BCUT2D eigenvalue weighted by Crippen LogP contribution is 2.16. The molecule has 5 aromatic rings. The monoisotopic (exact) mass is 456 g/mol. The Hall–Kier alpha value is -3.90. The Labute approximate surface area is 195 Å². The molecule has 0 saturated carbocycles. The van der Waals surface area contributed by atoms with Gasteiger partial charge in [-0.25, -0.2) is 4.98 Å². The Morgan fingerprint density at radius 1 is 0.939 bits per heavy atom. The van der Waals surface area contributed by atoms with Gasteiger partial charge >= 0.3 is 0 Å². The molecule has 0 aliphatic rings. The van der Waals surface area contributed by atoms with Crippen LogP contribution < -0.4 is 10.9 Å². The topological polar surface area (TPSA) is 68.4 Å². The van der Waals surface area contributed by atoms with Gasteiger partial charge in [0.25, 0.3) is 11.5 Å². The van der Waals surface area contributed by atoms with Gasteiger partial charge in [0.05, 0.1) is 12.1 Å². The van der Waals surface area contributed by atoms with Crippen LogP contribution in [-0.2, 0) is 13.0 Å². The molecule has 5 rings (SSSR count). The smallest absolute Gasteiger partial charge is 0.276 e. The SMILES string of the molecule is O=C(NCCc1ccccc1Cl)c1ccc(Cn2c(=O)c3cccn3c3cccnc32)cc1. The van der Waals surface area contributed by atoms with Crippen LogP contribution in [0.3, 0.4) is 0 Å². The van der Waals surface area contributed by atoms with E-state index in [4.69, 9.17) is 11.6 Å². The van der Waals surface area contributed by atoms with Gasteiger partial charge < -0.3 is 9.72 Å². The maximum Gasteiger partial charge on any atom is 0.276 e. The summed E-state index contributed by atoms with van der Waals surface area (Å²) in [5.41, 5.74) is 4.46. The Bertz CT molecular complexity index is 1520. The van der Waals surface area contributed by atoms with Crippen molar-refractivity contribution < 1.29 is 4.79 Å². The average Bonchev–Trinajstić information content (AvgIpc) is 3.34. The zero-order chi connectivity index (χ0) is 22.8. The van der Waals surface area contributed by atoms with Crippen molar-refractivity contribution >= 4 is 34.2 Å². The fourth-order valence-corrected chi connectivity index (χ4v) is 4.22. The molecule has 0 atom stereocenters. The van der Waals surface area contributed by atoms with E-state index in [0.29, 0.717) is 41.3 Å². The molecule has 3 heterocycles. The van der Waals surface area contributed by atoms with Crippen LogP contribution in [0.5, 0.6) is 0 Å². The number of carbonyl (C=O) groups excluding carboxylic acids is 1. The molecule has 2 aromatic carbocycles. The molecule has 0 unspecified atom stereocenters. The largest absolute Gasteiger partial charge is 0.352 e. The van der Waals surface area contributed by atoms with Gasteiger partial charge in [0, 0.05) is 29.5 Å². The molecule has 1 N–H and O–H groups in total. The van der Waals surface area contributed by atoms with Crippen molar-refractivity contribution in [3.8, 4) is 0 Å². The Morgan fingerprint density at radius 2 is 1.73 bits per heavy atom. The molecule has 0 bridgehead atoms. The molecule has 7 heteroatoms. The molecule has 0 aliphatic heterocycles. The first kappa shape index (κ1) is 21.0. The molecule has 1 amide bonds. The number of benzene rings is 2. The number of amides is 1. The minimum absolute atomic E-state index is 0.104. The first-order valence-corrected chi connectivity index (χ1v) is 11.0. The Balaban J connectivity index is 1.32. The number of aromatic nitrogens is 3. The van der Waals surface area contributed by atoms with Crippen LogP contribution >= 0.6 is 11.6 Å². The van der Waals surface area contributed by atoms with Gasteiger partial charge in [-0.05, 0) is 60.0 Å². The van der Waals surface area contributed by atoms with Crippen molar-refractivity contribution in [3.63, 3.8) is 0 Å². The number of carbonyl (C=O) groups is 1. The molecule has 0 aliphatic carbocycles. The highest BCUT2D eigenvalue weighted by atomic mass is 35.5. The average molecular weight is 457 g/mol. The van der Waals surface area contributed by atoms with Crippen molar-refractivity contribution in [1.29, 1.82) is 0 Å². The fraction of sp³-hybridized carbons (Fsp3) is 0.115. The summed E-state index contributed by atoms with van der Waals surface area (Å²) in [5, 5.41) is 3.63. The molecular formula is C26H21ClN4O2. The summed E-state index contributed by atoms with van der Waals surface area (Å²) in [4.78, 5) is 30.0. The second-order valence-electron chi connectivity index (χ2n) is 7.80. The summed E-state index contributed by atoms with van der Waals surface area (Å²) >= 11 is 6.17. The molecule has 0 radical (unpaired) electrons. The first-order valence-electron chi connectivity index (χ1n) is 10.7. The summed E-state index contributed by atoms with van der Waals surface area (Å²) in [7, 11) is 0. The molecule has 33 heavy (non-hydrogen) atoms. The molecule has 6 nitrogen and oxygen atoms in total. The molecule has 164 valence electrons. The maximum atomic E-state index is 13.1. The lowest BCUT2D eigenvalue weighted by atomic mass is 10.1. The Morgan fingerprint density at radius 3 is 2.55 bits per heavy atom. The standard InChI is InChI=1S/C26H21ClN4O2/c27-21-6-2-1-5-19(21)13-15-29-25(32)20-11-9-18(10-12-20)17-31-24-22(7-3-14-28-24)30-16-4-8-23(30)26(31)33/h1-12,14,16H,13,15,17H2,(H,29,32). The van der Waals surface area contributed by atoms with Crippen LogP contribution in [0.25, 0.3) is 16.7 Å². The minimum atomic E-state index is -0.146. The number of nitrogens with one attached hydrogen (secondary N) is 1. The third-order valence-electron chi connectivity index (χ3n) is 5.69. The molecule has 3 aromatic heterocycles. The molecular weight excluding hydrogens is 436 g/mol. The summed E-state index contributed by atoms with van der Waals surface area (Å²) in [6, 6.07) is 22.4. The second-order valence-corrected chi connectivity index (χ2v) is 8.20. The van der Waals surface area contributed by atoms with Gasteiger partial charge in [0.15, 0.2) is 5.65 Å². The number of halogens is 1. The second kappa shape index (κ2) is 8.92. The van der Waals surface area contributed by atoms with E-state index in [9.17, 15) is 9.59 Å². The number of hydrogen-bond donors (Lipinski definition) is 1. The molecule has 0 saturated heterocycles. The zero-order valence-electron chi connectivity index (χ0n) is 17.7. The van der Waals surface area contributed by atoms with E-state index in [0.717, 1.165) is 16.6 Å². The van der Waals surface area contributed by atoms with Crippen molar-refractivity contribution in [1.82, 2.24) is 19.3 Å². The lowest BCUT2D eigenvalue weighted by Gasteiger charge is -2.12. The van der Waals surface area contributed by atoms with Gasteiger partial charge in [0.1, 0.15) is 5.52 Å². The van der Waals surface area contributed by atoms with Crippen molar-refractivity contribution in [2.24, 2.45) is 0 Å². The highest BCUT2D eigenvalue weighted by Gasteiger charge is 2.12. The van der Waals surface area contributed by atoms with E-state index in [2.05, 4.69) is 10.3 Å². The fourth-order valence-electron chi connectivity index (χ4n) is 3.99. The van der Waals surface area contributed by atoms with Crippen molar-refractivity contribution in [2.75, 3.05) is 6.54 Å². The van der Waals surface area contributed by atoms with E-state index in [1.54, 1.807) is 29.0 Å². The number of hydrogen-bond acceptors (Lipinski definition) is 3. The van der Waals surface area contributed by atoms with Gasteiger partial charge in [-0.2, -0.15) is 0 Å². The van der Waals surface area contributed by atoms with Crippen LogP contribution in [-0.4, -0.2) is 26.4 Å². The van der Waals surface area contributed by atoms with E-state index in [1.807, 2.05) is 65.2 Å². The summed E-state index contributed by atoms with van der Waals surface area (Å²) < 4.78 is 3.53. The number of nitrogens with zero attached hydrogens (tertiary/aromatic N) is 3. The number of rotatable bonds is 6. The van der Waals surface area contributed by atoms with E-state index in [1.165, 1.54) is 0 Å². The number of pyridine rings is 1. The normalized spacial score (nSPS) is 11.2. The first-order chi connectivity index (χ1) is 16.1. The van der Waals surface area contributed by atoms with Gasteiger partial charge in [-0.3, -0.25) is 14.2 Å². The maximum absolute atomic E-state index is 13.1. The highest BCUT2D eigenvalue weighted by molar-refractivity contribution is 6.31. The predicted octanol–water partition coefficient (Wildman–Crippen LogP) is 4.32. The Kier molecular flexibility index (Phi) is 5.67. The lowest BCUT2D eigenvalue weighted by Crippen LogP contribution is -2.26. The van der Waals surface area contributed by atoms with Crippen LogP contribution in [0.15, 0.2) is 90.0 Å². The van der Waals surface area contributed by atoms with E-state index < -0.39 is 0 Å². The van der Waals surface area contributed by atoms with Gasteiger partial charge in [-0.15, -0.1) is 0 Å². The summed E-state index contributed by atoms with van der Waals surface area (Å²) in [6.45, 7) is 0.858. The van der Waals surface area contributed by atoms with Crippen LogP contribution in [0.1, 0.15) is 21.5 Å².